The molecule has 0 unspecified atom stereocenters. The SMILES string of the molecule is Oc1ccccc1CN1CCN(Cc2ccccc2O)C1c1c(-c2ccccc2)cn2ccccc12. The van der Waals surface area contributed by atoms with Gasteiger partial charge in [-0.05, 0) is 29.8 Å². The lowest BCUT2D eigenvalue weighted by molar-refractivity contribution is 0.126. The molecule has 0 saturated carbocycles. The van der Waals surface area contributed by atoms with E-state index >= 15 is 0 Å². The van der Waals surface area contributed by atoms with Gasteiger partial charge in [-0.15, -0.1) is 0 Å². The average Bonchev–Trinajstić information content (AvgIpc) is 3.48. The lowest BCUT2D eigenvalue weighted by Gasteiger charge is -2.32. The quantitative estimate of drug-likeness (QED) is 0.315. The molecule has 3 heterocycles. The predicted molar refractivity (Wildman–Crippen MR) is 143 cm³/mol. The van der Waals surface area contributed by atoms with Gasteiger partial charge in [-0.3, -0.25) is 9.80 Å². The first-order chi connectivity index (χ1) is 17.7. The number of hydrogen-bond acceptors (Lipinski definition) is 4. The second-order valence-corrected chi connectivity index (χ2v) is 9.39. The minimum absolute atomic E-state index is 0.0354. The van der Waals surface area contributed by atoms with Gasteiger partial charge in [0.2, 0.25) is 0 Å². The number of rotatable bonds is 6. The maximum absolute atomic E-state index is 10.6. The second-order valence-electron chi connectivity index (χ2n) is 9.39. The maximum atomic E-state index is 10.6. The average molecular weight is 476 g/mol. The van der Waals surface area contributed by atoms with Crippen LogP contribution in [0.2, 0.25) is 0 Å². The number of phenolic OH excluding ortho intramolecular Hbond substituents is 2. The normalized spacial score (nSPS) is 15.1. The Morgan fingerprint density at radius 2 is 1.19 bits per heavy atom. The molecule has 0 spiro atoms. The van der Waals surface area contributed by atoms with Gasteiger partial charge in [0.25, 0.3) is 0 Å². The van der Waals surface area contributed by atoms with Crippen molar-refractivity contribution in [2.75, 3.05) is 13.1 Å². The number of hydrogen-bond donors (Lipinski definition) is 2. The number of benzene rings is 3. The third-order valence-corrected chi connectivity index (χ3v) is 7.16. The highest BCUT2D eigenvalue weighted by Gasteiger charge is 2.37. The van der Waals surface area contributed by atoms with E-state index in [1.54, 1.807) is 12.1 Å². The van der Waals surface area contributed by atoms with Gasteiger partial charge in [0.1, 0.15) is 11.5 Å². The van der Waals surface area contributed by atoms with Crippen molar-refractivity contribution in [3.05, 3.63) is 126 Å². The summed E-state index contributed by atoms with van der Waals surface area (Å²) in [6.07, 6.45) is 4.28. The van der Waals surface area contributed by atoms with Crippen molar-refractivity contribution in [1.82, 2.24) is 14.2 Å². The number of fused-ring (bicyclic) bond motifs is 1. The van der Waals surface area contributed by atoms with Crippen LogP contribution >= 0.6 is 0 Å². The molecule has 0 atom stereocenters. The molecule has 5 heteroatoms. The molecule has 1 aliphatic rings. The Bertz CT molecular complexity index is 1440. The maximum Gasteiger partial charge on any atom is 0.120 e. The van der Waals surface area contributed by atoms with Crippen LogP contribution in [0.3, 0.4) is 0 Å². The molecule has 1 saturated heterocycles. The van der Waals surface area contributed by atoms with Crippen LogP contribution in [0.15, 0.2) is 109 Å². The van der Waals surface area contributed by atoms with Crippen molar-refractivity contribution in [3.8, 4) is 22.6 Å². The van der Waals surface area contributed by atoms with E-state index in [1.165, 1.54) is 16.7 Å². The molecule has 3 aromatic carbocycles. The van der Waals surface area contributed by atoms with Crippen molar-refractivity contribution in [2.45, 2.75) is 19.3 Å². The molecule has 0 radical (unpaired) electrons. The molecule has 0 amide bonds. The number of phenols is 2. The first kappa shape index (κ1) is 22.4. The molecule has 36 heavy (non-hydrogen) atoms. The number of nitrogens with zero attached hydrogens (tertiary/aromatic N) is 3. The Morgan fingerprint density at radius 3 is 1.81 bits per heavy atom. The summed E-state index contributed by atoms with van der Waals surface area (Å²) < 4.78 is 2.20. The summed E-state index contributed by atoms with van der Waals surface area (Å²) in [5.41, 5.74) is 6.60. The van der Waals surface area contributed by atoms with Crippen LogP contribution in [0.25, 0.3) is 16.6 Å². The summed E-state index contributed by atoms with van der Waals surface area (Å²) in [6.45, 7) is 2.97. The van der Waals surface area contributed by atoms with Crippen LogP contribution in [0.1, 0.15) is 22.9 Å². The van der Waals surface area contributed by atoms with E-state index in [-0.39, 0.29) is 6.17 Å². The number of pyridine rings is 1. The Labute approximate surface area is 211 Å². The van der Waals surface area contributed by atoms with Crippen molar-refractivity contribution in [2.24, 2.45) is 0 Å². The molecule has 180 valence electrons. The fourth-order valence-corrected chi connectivity index (χ4v) is 5.42. The van der Waals surface area contributed by atoms with E-state index in [2.05, 4.69) is 69.1 Å². The summed E-state index contributed by atoms with van der Waals surface area (Å²) in [5.74, 6) is 0.640. The Kier molecular flexibility index (Phi) is 5.93. The van der Waals surface area contributed by atoms with Crippen molar-refractivity contribution >= 4 is 5.52 Å². The third kappa shape index (κ3) is 4.13. The summed E-state index contributed by atoms with van der Waals surface area (Å²) in [4.78, 5) is 4.87. The van der Waals surface area contributed by atoms with E-state index in [4.69, 9.17) is 0 Å². The monoisotopic (exact) mass is 475 g/mol. The summed E-state index contributed by atoms with van der Waals surface area (Å²) in [6, 6.07) is 32.0. The number of aromatic hydroxyl groups is 2. The molecular formula is C31H29N3O2. The highest BCUT2D eigenvalue weighted by molar-refractivity contribution is 5.77. The van der Waals surface area contributed by atoms with Crippen molar-refractivity contribution in [1.29, 1.82) is 0 Å². The lowest BCUT2D eigenvalue weighted by atomic mass is 10.00. The molecule has 6 rings (SSSR count). The largest absolute Gasteiger partial charge is 0.508 e. The molecule has 1 aliphatic heterocycles. The van der Waals surface area contributed by atoms with Gasteiger partial charge in [0, 0.05) is 60.8 Å². The van der Waals surface area contributed by atoms with Crippen LogP contribution in [0.4, 0.5) is 0 Å². The fourth-order valence-electron chi connectivity index (χ4n) is 5.42. The Hall–Kier alpha value is -4.06. The molecule has 0 aliphatic carbocycles. The van der Waals surface area contributed by atoms with E-state index in [9.17, 15) is 10.2 Å². The van der Waals surface area contributed by atoms with Gasteiger partial charge < -0.3 is 14.6 Å². The predicted octanol–water partition coefficient (Wildman–Crippen LogP) is 6.03. The highest BCUT2D eigenvalue weighted by atomic mass is 16.3. The van der Waals surface area contributed by atoms with Crippen LogP contribution in [-0.4, -0.2) is 37.5 Å². The van der Waals surface area contributed by atoms with Gasteiger partial charge in [0.15, 0.2) is 0 Å². The van der Waals surface area contributed by atoms with Gasteiger partial charge in [-0.25, -0.2) is 0 Å². The zero-order valence-electron chi connectivity index (χ0n) is 20.0. The van der Waals surface area contributed by atoms with Crippen molar-refractivity contribution < 1.29 is 10.2 Å². The number of para-hydroxylation sites is 2. The van der Waals surface area contributed by atoms with E-state index in [0.717, 1.165) is 29.7 Å². The molecular weight excluding hydrogens is 446 g/mol. The molecule has 2 aromatic heterocycles. The second kappa shape index (κ2) is 9.53. The van der Waals surface area contributed by atoms with Gasteiger partial charge in [0.05, 0.1) is 11.7 Å². The summed E-state index contributed by atoms with van der Waals surface area (Å²) in [5, 5.41) is 21.1. The molecule has 2 N–H and O–H groups in total. The molecule has 5 aromatic rings. The Balaban J connectivity index is 1.50. The zero-order chi connectivity index (χ0) is 24.5. The van der Waals surface area contributed by atoms with Crippen LogP contribution in [-0.2, 0) is 13.1 Å². The van der Waals surface area contributed by atoms with Crippen LogP contribution < -0.4 is 0 Å². The lowest BCUT2D eigenvalue weighted by Crippen LogP contribution is -2.31. The zero-order valence-corrected chi connectivity index (χ0v) is 20.0. The summed E-state index contributed by atoms with van der Waals surface area (Å²) >= 11 is 0. The van der Waals surface area contributed by atoms with Crippen LogP contribution in [0.5, 0.6) is 11.5 Å². The summed E-state index contributed by atoms with van der Waals surface area (Å²) in [7, 11) is 0. The third-order valence-electron chi connectivity index (χ3n) is 7.16. The van der Waals surface area contributed by atoms with Crippen LogP contribution in [0, 0.1) is 0 Å². The standard InChI is InChI=1S/C31H29N3O2/c35-28-15-6-4-12-24(28)20-33-18-19-34(21-25-13-5-7-16-29(25)36)31(33)30-26(23-10-2-1-3-11-23)22-32-17-9-8-14-27(30)32/h1-17,22,31,35-36H,18-21H2. The first-order valence-electron chi connectivity index (χ1n) is 12.4. The topological polar surface area (TPSA) is 51.3 Å². The minimum atomic E-state index is -0.0354. The van der Waals surface area contributed by atoms with Gasteiger partial charge >= 0.3 is 0 Å². The van der Waals surface area contributed by atoms with Crippen molar-refractivity contribution in [3.63, 3.8) is 0 Å². The fraction of sp³-hybridized carbons (Fsp3) is 0.161. The Morgan fingerprint density at radius 1 is 0.639 bits per heavy atom. The van der Waals surface area contributed by atoms with Gasteiger partial charge in [-0.1, -0.05) is 72.8 Å². The molecule has 5 nitrogen and oxygen atoms in total. The number of aromatic nitrogens is 1. The van der Waals surface area contributed by atoms with E-state index in [0.29, 0.717) is 24.6 Å². The molecule has 0 bridgehead atoms. The van der Waals surface area contributed by atoms with E-state index in [1.807, 2.05) is 42.5 Å². The molecule has 1 fully saturated rings. The first-order valence-corrected chi connectivity index (χ1v) is 12.4. The smallest absolute Gasteiger partial charge is 0.120 e. The van der Waals surface area contributed by atoms with E-state index < -0.39 is 0 Å². The highest BCUT2D eigenvalue weighted by Crippen LogP contribution is 2.42. The minimum Gasteiger partial charge on any atom is -0.508 e. The van der Waals surface area contributed by atoms with Gasteiger partial charge in [-0.2, -0.15) is 0 Å².